The number of carbonyl (C=O) groups excluding carboxylic acids is 3. The van der Waals surface area contributed by atoms with Crippen LogP contribution in [0.3, 0.4) is 0 Å². The lowest BCUT2D eigenvalue weighted by Crippen LogP contribution is -2.44. The minimum atomic E-state index is -1.64. The highest BCUT2D eigenvalue weighted by Gasteiger charge is 2.22. The molecule has 0 fully saturated rings. The van der Waals surface area contributed by atoms with Gasteiger partial charge in [0, 0.05) is 12.8 Å². The fraction of sp³-hybridized carbons (Fsp3) is 0.678. The molecule has 0 aliphatic carbocycles. The number of carbonyl (C=O) groups is 3. The maximum Gasteiger partial charge on any atom is 0.306 e. The largest absolute Gasteiger partial charge is 0.545 e. The number of aliphatic carboxylic acids is 1. The monoisotopic (exact) mass is 1370 g/mol. The molecule has 0 saturated carbocycles. The van der Waals surface area contributed by atoms with Crippen LogP contribution >= 0.6 is 0 Å². The minimum Gasteiger partial charge on any atom is -0.545 e. The van der Waals surface area contributed by atoms with Crippen molar-refractivity contribution >= 4 is 17.9 Å². The van der Waals surface area contributed by atoms with Crippen molar-refractivity contribution in [1.82, 2.24) is 0 Å². The van der Waals surface area contributed by atoms with Gasteiger partial charge in [0.25, 0.3) is 0 Å². The smallest absolute Gasteiger partial charge is 0.306 e. The summed E-state index contributed by atoms with van der Waals surface area (Å²) in [4.78, 5) is 37.6. The van der Waals surface area contributed by atoms with Crippen molar-refractivity contribution in [2.45, 2.75) is 347 Å². The van der Waals surface area contributed by atoms with E-state index in [2.05, 4.69) is 172 Å². The fourth-order valence-electron chi connectivity index (χ4n) is 11.1. The Balaban J connectivity index is 4.09. The van der Waals surface area contributed by atoms with Crippen LogP contribution < -0.4 is 5.11 Å². The zero-order valence-electron chi connectivity index (χ0n) is 64.6. The molecule has 564 valence electrons. The molecule has 0 aromatic rings. The summed E-state index contributed by atoms with van der Waals surface area (Å²) in [6.45, 7) is 4.61. The summed E-state index contributed by atoms with van der Waals surface area (Å²) in [5.41, 5.74) is 0. The predicted molar refractivity (Wildman–Crippen MR) is 425 cm³/mol. The van der Waals surface area contributed by atoms with Gasteiger partial charge in [0.1, 0.15) is 13.2 Å². The van der Waals surface area contributed by atoms with Crippen molar-refractivity contribution in [3.05, 3.63) is 158 Å². The lowest BCUT2D eigenvalue weighted by molar-refractivity contribution is -0.870. The molecule has 0 saturated heterocycles. The van der Waals surface area contributed by atoms with Gasteiger partial charge < -0.3 is 33.3 Å². The van der Waals surface area contributed by atoms with Crippen LogP contribution in [-0.4, -0.2) is 82.3 Å². The van der Waals surface area contributed by atoms with E-state index < -0.39 is 24.3 Å². The van der Waals surface area contributed by atoms with E-state index in [0.29, 0.717) is 17.4 Å². The Hall–Kier alpha value is -5.09. The number of unbranched alkanes of at least 4 members (excludes halogenated alkanes) is 33. The van der Waals surface area contributed by atoms with Gasteiger partial charge in [-0.2, -0.15) is 0 Å². The maximum absolute atomic E-state index is 13.0. The molecule has 9 heteroatoms. The highest BCUT2D eigenvalue weighted by molar-refractivity contribution is 5.70. The predicted octanol–water partition coefficient (Wildman–Crippen LogP) is 25.0. The summed E-state index contributed by atoms with van der Waals surface area (Å²) in [7, 11) is 5.92. The van der Waals surface area contributed by atoms with Gasteiger partial charge in [0.2, 0.25) is 0 Å². The lowest BCUT2D eigenvalue weighted by atomic mass is 10.0. The summed E-state index contributed by atoms with van der Waals surface area (Å²) < 4.78 is 22.8. The van der Waals surface area contributed by atoms with Gasteiger partial charge in [-0.05, 0) is 128 Å². The summed E-state index contributed by atoms with van der Waals surface area (Å²) in [5.74, 6) is -2.32. The molecule has 0 aliphatic rings. The second-order valence-corrected chi connectivity index (χ2v) is 28.0. The van der Waals surface area contributed by atoms with E-state index in [1.165, 1.54) is 180 Å². The first-order valence-corrected chi connectivity index (χ1v) is 40.6. The van der Waals surface area contributed by atoms with Crippen molar-refractivity contribution in [3.63, 3.8) is 0 Å². The van der Waals surface area contributed by atoms with Crippen molar-refractivity contribution in [1.29, 1.82) is 0 Å². The van der Waals surface area contributed by atoms with Crippen molar-refractivity contribution < 1.29 is 42.9 Å². The molecule has 2 atom stereocenters. The molecule has 0 aromatic carbocycles. The van der Waals surface area contributed by atoms with Crippen LogP contribution in [0.1, 0.15) is 335 Å². The molecular formula is C90H151NO8. The average molecular weight is 1380 g/mol. The first kappa shape index (κ1) is 93.9. The zero-order valence-corrected chi connectivity index (χ0v) is 64.6. The number of hydrogen-bond acceptors (Lipinski definition) is 8. The van der Waals surface area contributed by atoms with Crippen LogP contribution in [0.15, 0.2) is 158 Å². The molecule has 0 N–H and O–H groups in total. The first-order chi connectivity index (χ1) is 48.6. The van der Waals surface area contributed by atoms with E-state index >= 15 is 0 Å². The van der Waals surface area contributed by atoms with Crippen LogP contribution in [0, 0.1) is 0 Å². The SMILES string of the molecule is CC/C=C\C/C=C\C/C=C\C/C=C\C/C=C\C/C=C\C/C=C\C/C=C\C/C=C\C/C=C\CCCCCCC(=O)OC(COC(=O)CCCCCCCCCCCCCCCCCCCCCCCCCC/C=C\C/C=C\C/C=C\CCCCCCC)COC(OCC[N+](C)(C)C)C(=O)[O-]. The second-order valence-electron chi connectivity index (χ2n) is 28.0. The Kier molecular flexibility index (Phi) is 74.6. The van der Waals surface area contributed by atoms with E-state index in [9.17, 15) is 19.5 Å². The second kappa shape index (κ2) is 78.6. The third kappa shape index (κ3) is 80.1. The number of ether oxygens (including phenoxy) is 4. The van der Waals surface area contributed by atoms with Crippen LogP contribution in [0.5, 0.6) is 0 Å². The van der Waals surface area contributed by atoms with Crippen LogP contribution in [-0.2, 0) is 33.3 Å². The molecular weight excluding hydrogens is 1220 g/mol. The first-order valence-electron chi connectivity index (χ1n) is 40.6. The van der Waals surface area contributed by atoms with E-state index in [1.54, 1.807) is 0 Å². The highest BCUT2D eigenvalue weighted by atomic mass is 16.7. The van der Waals surface area contributed by atoms with Gasteiger partial charge in [-0.25, -0.2) is 0 Å². The van der Waals surface area contributed by atoms with Crippen molar-refractivity contribution in [2.75, 3.05) is 47.5 Å². The van der Waals surface area contributed by atoms with Gasteiger partial charge in [-0.3, -0.25) is 9.59 Å². The van der Waals surface area contributed by atoms with Crippen molar-refractivity contribution in [2.24, 2.45) is 0 Å². The Morgan fingerprint density at radius 2 is 0.576 bits per heavy atom. The molecule has 0 rings (SSSR count). The lowest BCUT2D eigenvalue weighted by Gasteiger charge is -2.26. The number of carboxylic acids is 1. The number of hydrogen-bond donors (Lipinski definition) is 0. The number of allylic oxidation sites excluding steroid dienone is 26. The van der Waals surface area contributed by atoms with E-state index in [0.717, 1.165) is 122 Å². The molecule has 0 amide bonds. The van der Waals surface area contributed by atoms with Crippen LogP contribution in [0.25, 0.3) is 0 Å². The van der Waals surface area contributed by atoms with E-state index in [4.69, 9.17) is 18.9 Å². The molecule has 0 bridgehead atoms. The van der Waals surface area contributed by atoms with Gasteiger partial charge in [0.05, 0.1) is 40.3 Å². The minimum absolute atomic E-state index is 0.136. The standard InChI is InChI=1S/C90H151NO8/c1-6-8-10-12-14-16-18-20-22-24-26-28-30-32-34-36-38-40-42-43-44-45-47-48-50-52-54-56-58-60-62-64-66-68-70-72-74-76-78-80-87(92)97-84-86(85-98-90(89(94)95)96-83-82-91(3,4)5)99-88(93)81-79-77-75-73-71-69-67-65-63-61-59-57-55-53-51-49-46-41-39-37-35-33-31-29-27-25-23-21-19-17-15-13-11-9-7-2/h9,11,15,17-18,20-21,23-24,26-27,29-30,32-33,35,39,41,49,51,55,57,61,63,67,69,86,90H,6-8,10,12-14,16,19,22,25,28,31,34,36-38,40,42-48,50,52-54,56,58-60,62,64-66,68,70-85H2,1-5H3/b11-9-,17-15-,20-18-,23-21-,26-24-,29-27-,32-30-,35-33-,41-39-,51-49-,57-55-,63-61-,69-67-. The Morgan fingerprint density at radius 3 is 0.859 bits per heavy atom. The van der Waals surface area contributed by atoms with E-state index in [1.807, 2.05) is 21.1 Å². The average Bonchev–Trinajstić information content (AvgIpc) is 1.16. The van der Waals surface area contributed by atoms with Gasteiger partial charge in [0.15, 0.2) is 12.4 Å². The Morgan fingerprint density at radius 1 is 0.313 bits per heavy atom. The third-order valence-corrected chi connectivity index (χ3v) is 17.3. The normalized spacial score (nSPS) is 13.5. The molecule has 0 radical (unpaired) electrons. The van der Waals surface area contributed by atoms with Gasteiger partial charge in [-0.1, -0.05) is 352 Å². The zero-order chi connectivity index (χ0) is 71.8. The molecule has 9 nitrogen and oxygen atoms in total. The van der Waals surface area contributed by atoms with E-state index in [-0.39, 0.29) is 38.6 Å². The molecule has 0 spiro atoms. The number of rotatable bonds is 74. The Labute approximate surface area is 610 Å². The van der Waals surface area contributed by atoms with Crippen LogP contribution in [0.4, 0.5) is 0 Å². The number of nitrogens with zero attached hydrogens (tertiary/aromatic N) is 1. The molecule has 99 heavy (non-hydrogen) atoms. The number of esters is 2. The third-order valence-electron chi connectivity index (χ3n) is 17.3. The van der Waals surface area contributed by atoms with Gasteiger partial charge in [-0.15, -0.1) is 0 Å². The van der Waals surface area contributed by atoms with Crippen molar-refractivity contribution in [3.8, 4) is 0 Å². The Bertz CT molecular complexity index is 2200. The summed E-state index contributed by atoms with van der Waals surface area (Å²) in [6, 6.07) is 0. The molecule has 2 unspecified atom stereocenters. The highest BCUT2D eigenvalue weighted by Crippen LogP contribution is 2.18. The quantitative estimate of drug-likeness (QED) is 0.0195. The number of carboxylic acid groups (broad SMARTS) is 1. The number of quaternary nitrogens is 1. The molecule has 0 aromatic heterocycles. The summed E-state index contributed by atoms with van der Waals surface area (Å²) in [6.07, 6.45) is 114. The summed E-state index contributed by atoms with van der Waals surface area (Å²) >= 11 is 0. The molecule has 0 heterocycles. The fourth-order valence-corrected chi connectivity index (χ4v) is 11.1. The molecule has 0 aliphatic heterocycles. The van der Waals surface area contributed by atoms with Gasteiger partial charge >= 0.3 is 11.9 Å². The topological polar surface area (TPSA) is 111 Å². The number of likely N-dealkylation sites (N-methyl/N-ethyl adjacent to an activating group) is 1. The maximum atomic E-state index is 13.0. The summed E-state index contributed by atoms with van der Waals surface area (Å²) in [5, 5.41) is 11.9. The van der Waals surface area contributed by atoms with Crippen LogP contribution in [0.2, 0.25) is 0 Å².